The van der Waals surface area contributed by atoms with Gasteiger partial charge in [-0.05, 0) is 62.4 Å². The van der Waals surface area contributed by atoms with Crippen LogP contribution < -0.4 is 11.2 Å². The molecule has 8 heteroatoms. The molecular formula is C33H37N3O5. The Kier molecular flexibility index (Phi) is 9.11. The number of carboxylic acids is 1. The number of unbranched alkanes of at least 4 members (excludes halogenated alkanes) is 1. The number of carboxylic acid groups (broad SMARTS) is 1. The van der Waals surface area contributed by atoms with E-state index in [0.29, 0.717) is 17.3 Å². The molecule has 1 atom stereocenters. The van der Waals surface area contributed by atoms with E-state index in [1.165, 1.54) is 16.1 Å². The number of piperidine rings is 1. The van der Waals surface area contributed by atoms with Gasteiger partial charge in [0.05, 0.1) is 17.0 Å². The topological polar surface area (TPSA) is 93.8 Å². The fourth-order valence-electron chi connectivity index (χ4n) is 5.68. The minimum absolute atomic E-state index is 0.0953. The highest BCUT2D eigenvalue weighted by atomic mass is 16.5. The van der Waals surface area contributed by atoms with Crippen LogP contribution in [0.1, 0.15) is 55.9 Å². The van der Waals surface area contributed by atoms with Gasteiger partial charge in [0.2, 0.25) is 0 Å². The van der Waals surface area contributed by atoms with Gasteiger partial charge in [-0.25, -0.2) is 9.59 Å². The summed E-state index contributed by atoms with van der Waals surface area (Å²) in [4.78, 5) is 40.4. The van der Waals surface area contributed by atoms with Crippen molar-refractivity contribution in [3.63, 3.8) is 0 Å². The SMILES string of the molecule is CC(C(=O)O)n1c(=O)n(CCCCN2CCC(OC(c3ccccc3)c3ccccc3)CC2)c(=O)c2ccccc21. The summed E-state index contributed by atoms with van der Waals surface area (Å²) in [6, 6.07) is 26.3. The molecular weight excluding hydrogens is 518 g/mol. The lowest BCUT2D eigenvalue weighted by Gasteiger charge is -2.34. The molecule has 8 nitrogen and oxygen atoms in total. The second-order valence-corrected chi connectivity index (χ2v) is 10.7. The van der Waals surface area contributed by atoms with Crippen LogP contribution in [0.4, 0.5) is 0 Å². The summed E-state index contributed by atoms with van der Waals surface area (Å²) in [5.41, 5.74) is 1.71. The zero-order valence-electron chi connectivity index (χ0n) is 23.4. The van der Waals surface area contributed by atoms with E-state index >= 15 is 0 Å². The highest BCUT2D eigenvalue weighted by molar-refractivity contribution is 5.81. The van der Waals surface area contributed by atoms with Crippen LogP contribution in [-0.4, -0.2) is 50.8 Å². The van der Waals surface area contributed by atoms with Crippen molar-refractivity contribution in [3.05, 3.63) is 117 Å². The standard InChI is InChI=1S/C33H37N3O5/c1-24(32(38)39)36-29-17-9-8-16-28(29)31(37)35(33(36)40)21-11-10-20-34-22-18-27(19-23-34)41-30(25-12-4-2-5-13-25)26-14-6-3-7-15-26/h2-9,12-17,24,27,30H,10-11,18-23H2,1H3,(H,38,39). The first-order chi connectivity index (χ1) is 19.9. The maximum atomic E-state index is 13.2. The number of rotatable bonds is 11. The zero-order valence-corrected chi connectivity index (χ0v) is 23.4. The Morgan fingerprint density at radius 3 is 2.02 bits per heavy atom. The smallest absolute Gasteiger partial charge is 0.332 e. The number of nitrogens with zero attached hydrogens (tertiary/aromatic N) is 3. The monoisotopic (exact) mass is 555 g/mol. The number of benzene rings is 3. The molecule has 0 saturated carbocycles. The largest absolute Gasteiger partial charge is 0.480 e. The highest BCUT2D eigenvalue weighted by Crippen LogP contribution is 2.30. The van der Waals surface area contributed by atoms with Crippen LogP contribution in [0.15, 0.2) is 94.5 Å². The molecule has 1 N–H and O–H groups in total. The van der Waals surface area contributed by atoms with Gasteiger partial charge in [-0.15, -0.1) is 0 Å². The number of aromatic nitrogens is 2. The molecule has 0 aliphatic carbocycles. The van der Waals surface area contributed by atoms with Gasteiger partial charge in [0.25, 0.3) is 5.56 Å². The van der Waals surface area contributed by atoms with Crippen molar-refractivity contribution in [3.8, 4) is 0 Å². The van der Waals surface area contributed by atoms with Gasteiger partial charge in [-0.2, -0.15) is 0 Å². The number of carbonyl (C=O) groups is 1. The molecule has 1 aliphatic heterocycles. The molecule has 4 aromatic rings. The molecule has 0 amide bonds. The third-order valence-corrected chi connectivity index (χ3v) is 7.99. The summed E-state index contributed by atoms with van der Waals surface area (Å²) in [5, 5.41) is 9.91. The van der Waals surface area contributed by atoms with Gasteiger partial charge in [-0.3, -0.25) is 13.9 Å². The van der Waals surface area contributed by atoms with E-state index in [1.54, 1.807) is 24.3 Å². The predicted octanol–water partition coefficient (Wildman–Crippen LogP) is 4.86. The normalized spacial score (nSPS) is 15.4. The molecule has 1 saturated heterocycles. The summed E-state index contributed by atoms with van der Waals surface area (Å²) in [7, 11) is 0. The number of likely N-dealkylation sites (tertiary alicyclic amines) is 1. The second kappa shape index (κ2) is 13.1. The van der Waals surface area contributed by atoms with Crippen LogP contribution in [0.5, 0.6) is 0 Å². The van der Waals surface area contributed by atoms with Crippen LogP contribution in [-0.2, 0) is 16.1 Å². The Labute approximate surface area is 239 Å². The van der Waals surface area contributed by atoms with Crippen molar-refractivity contribution in [2.24, 2.45) is 0 Å². The molecule has 1 fully saturated rings. The molecule has 0 radical (unpaired) electrons. The summed E-state index contributed by atoms with van der Waals surface area (Å²) in [6.45, 7) is 4.44. The van der Waals surface area contributed by atoms with E-state index in [2.05, 4.69) is 29.2 Å². The van der Waals surface area contributed by atoms with Crippen molar-refractivity contribution in [2.75, 3.05) is 19.6 Å². The minimum atomic E-state index is -1.12. The lowest BCUT2D eigenvalue weighted by Crippen LogP contribution is -2.42. The molecule has 3 aromatic carbocycles. The Balaban J connectivity index is 1.17. The van der Waals surface area contributed by atoms with Crippen molar-refractivity contribution >= 4 is 16.9 Å². The summed E-state index contributed by atoms with van der Waals surface area (Å²) in [5.74, 6) is -1.12. The highest BCUT2D eigenvalue weighted by Gasteiger charge is 2.25. The van der Waals surface area contributed by atoms with Crippen LogP contribution in [0.25, 0.3) is 10.9 Å². The number of ether oxygens (including phenoxy) is 1. The summed E-state index contributed by atoms with van der Waals surface area (Å²) < 4.78 is 9.06. The number of para-hydroxylation sites is 1. The van der Waals surface area contributed by atoms with Crippen molar-refractivity contribution in [1.82, 2.24) is 14.0 Å². The predicted molar refractivity (Wildman–Crippen MR) is 159 cm³/mol. The first kappa shape index (κ1) is 28.5. The van der Waals surface area contributed by atoms with Gasteiger partial charge in [0.15, 0.2) is 0 Å². The van der Waals surface area contributed by atoms with Crippen LogP contribution >= 0.6 is 0 Å². The average molecular weight is 556 g/mol. The van der Waals surface area contributed by atoms with Crippen LogP contribution in [0, 0.1) is 0 Å². The molecule has 1 aliphatic rings. The molecule has 0 spiro atoms. The van der Waals surface area contributed by atoms with Gasteiger partial charge in [0, 0.05) is 19.6 Å². The quantitative estimate of drug-likeness (QED) is 0.266. The first-order valence-corrected chi connectivity index (χ1v) is 14.4. The fraction of sp³-hybridized carbons (Fsp3) is 0.364. The van der Waals surface area contributed by atoms with Crippen molar-refractivity contribution in [2.45, 2.75) is 57.4 Å². The molecule has 214 valence electrons. The number of hydrogen-bond acceptors (Lipinski definition) is 5. The molecule has 0 bridgehead atoms. The zero-order chi connectivity index (χ0) is 28.8. The fourth-order valence-corrected chi connectivity index (χ4v) is 5.68. The molecule has 1 aromatic heterocycles. The Bertz CT molecular complexity index is 1530. The summed E-state index contributed by atoms with van der Waals surface area (Å²) in [6.07, 6.45) is 3.44. The van der Waals surface area contributed by atoms with Crippen molar-refractivity contribution in [1.29, 1.82) is 0 Å². The van der Waals surface area contributed by atoms with E-state index in [1.807, 2.05) is 36.4 Å². The van der Waals surface area contributed by atoms with E-state index in [9.17, 15) is 19.5 Å². The van der Waals surface area contributed by atoms with E-state index in [-0.39, 0.29) is 24.3 Å². The molecule has 5 rings (SSSR count). The van der Waals surface area contributed by atoms with Crippen molar-refractivity contribution < 1.29 is 14.6 Å². The Hall–Kier alpha value is -4.01. The maximum Gasteiger partial charge on any atom is 0.332 e. The third-order valence-electron chi connectivity index (χ3n) is 7.99. The number of hydrogen-bond donors (Lipinski definition) is 1. The van der Waals surface area contributed by atoms with E-state index in [0.717, 1.165) is 50.0 Å². The van der Waals surface area contributed by atoms with Gasteiger partial charge in [-0.1, -0.05) is 72.8 Å². The average Bonchev–Trinajstić information content (AvgIpc) is 3.01. The molecule has 2 heterocycles. The second-order valence-electron chi connectivity index (χ2n) is 10.7. The Morgan fingerprint density at radius 1 is 0.854 bits per heavy atom. The first-order valence-electron chi connectivity index (χ1n) is 14.4. The minimum Gasteiger partial charge on any atom is -0.480 e. The molecule has 1 unspecified atom stereocenters. The van der Waals surface area contributed by atoms with Gasteiger partial charge >= 0.3 is 11.7 Å². The third kappa shape index (κ3) is 6.50. The maximum absolute atomic E-state index is 13.2. The lowest BCUT2D eigenvalue weighted by molar-refractivity contribution is -0.140. The number of fused-ring (bicyclic) bond motifs is 1. The van der Waals surface area contributed by atoms with E-state index in [4.69, 9.17) is 4.74 Å². The summed E-state index contributed by atoms with van der Waals surface area (Å²) >= 11 is 0. The number of aliphatic carboxylic acids is 1. The van der Waals surface area contributed by atoms with Gasteiger partial charge in [0.1, 0.15) is 12.1 Å². The van der Waals surface area contributed by atoms with E-state index < -0.39 is 17.7 Å². The lowest BCUT2D eigenvalue weighted by atomic mass is 10.00. The van der Waals surface area contributed by atoms with Crippen LogP contribution in [0.3, 0.4) is 0 Å². The molecule has 41 heavy (non-hydrogen) atoms. The van der Waals surface area contributed by atoms with Gasteiger partial charge < -0.3 is 14.7 Å². The Morgan fingerprint density at radius 2 is 1.41 bits per heavy atom. The van der Waals surface area contributed by atoms with Crippen LogP contribution in [0.2, 0.25) is 0 Å².